The van der Waals surface area contributed by atoms with Crippen molar-refractivity contribution < 1.29 is 4.92 Å². The lowest BCUT2D eigenvalue weighted by molar-refractivity contribution is -0.385. The van der Waals surface area contributed by atoms with Crippen LogP contribution in [0.1, 0.15) is 22.6 Å². The van der Waals surface area contributed by atoms with Crippen LogP contribution in [-0.4, -0.2) is 11.5 Å². The normalized spacial score (nSPS) is 16.1. The van der Waals surface area contributed by atoms with Gasteiger partial charge in [-0.05, 0) is 29.7 Å². The first-order valence-corrected chi connectivity index (χ1v) is 7.24. The van der Waals surface area contributed by atoms with Crippen molar-refractivity contribution in [1.82, 2.24) is 5.32 Å². The molecule has 0 fully saturated rings. The fraction of sp³-hybridized carbons (Fsp3) is 0.250. The average Bonchev–Trinajstić information content (AvgIpc) is 2.43. The van der Waals surface area contributed by atoms with Crippen LogP contribution in [0.5, 0.6) is 0 Å². The van der Waals surface area contributed by atoms with Gasteiger partial charge in [0.1, 0.15) is 0 Å². The zero-order valence-electron chi connectivity index (χ0n) is 11.4. The molecule has 1 unspecified atom stereocenters. The summed E-state index contributed by atoms with van der Waals surface area (Å²) in [4.78, 5) is 10.6. The summed E-state index contributed by atoms with van der Waals surface area (Å²) in [6.45, 7) is 1.27. The van der Waals surface area contributed by atoms with E-state index in [0.717, 1.165) is 13.0 Å². The molecule has 3 rings (SSSR count). The van der Waals surface area contributed by atoms with E-state index in [0.29, 0.717) is 23.0 Å². The number of nitro groups is 1. The lowest BCUT2D eigenvalue weighted by atomic mass is 9.77. The molecular formula is C16H15ClN2O2. The third-order valence-electron chi connectivity index (χ3n) is 3.91. The number of hydrogen-bond donors (Lipinski definition) is 1. The van der Waals surface area contributed by atoms with E-state index < -0.39 is 0 Å². The summed E-state index contributed by atoms with van der Waals surface area (Å²) in [5.41, 5.74) is 3.52. The van der Waals surface area contributed by atoms with Gasteiger partial charge in [0.25, 0.3) is 5.69 Å². The third kappa shape index (κ3) is 2.91. The Labute approximate surface area is 127 Å². The van der Waals surface area contributed by atoms with Gasteiger partial charge < -0.3 is 5.32 Å². The van der Waals surface area contributed by atoms with Crippen molar-refractivity contribution in [3.05, 3.63) is 74.3 Å². The van der Waals surface area contributed by atoms with Crippen LogP contribution in [0, 0.1) is 10.1 Å². The largest absolute Gasteiger partial charge is 0.312 e. The second-order valence-corrected chi connectivity index (χ2v) is 5.70. The maximum atomic E-state index is 11.0. The van der Waals surface area contributed by atoms with E-state index >= 15 is 0 Å². The molecule has 0 spiro atoms. The molecule has 0 heterocycles. The van der Waals surface area contributed by atoms with Crippen LogP contribution < -0.4 is 5.32 Å². The highest BCUT2D eigenvalue weighted by atomic mass is 35.5. The van der Waals surface area contributed by atoms with Crippen LogP contribution in [0.4, 0.5) is 5.69 Å². The van der Waals surface area contributed by atoms with Crippen LogP contribution in [0.2, 0.25) is 5.02 Å². The second-order valence-electron chi connectivity index (χ2n) is 5.26. The van der Waals surface area contributed by atoms with Gasteiger partial charge in [-0.3, -0.25) is 10.1 Å². The van der Waals surface area contributed by atoms with E-state index in [4.69, 9.17) is 11.6 Å². The molecule has 0 radical (unpaired) electrons. The van der Waals surface area contributed by atoms with Gasteiger partial charge in [0.2, 0.25) is 0 Å². The van der Waals surface area contributed by atoms with E-state index in [1.165, 1.54) is 17.2 Å². The molecule has 0 amide bonds. The first-order valence-electron chi connectivity index (χ1n) is 6.86. The summed E-state index contributed by atoms with van der Waals surface area (Å²) in [6.07, 6.45) is 1.07. The standard InChI is InChI=1S/C16H15ClN2O2/c17-14-5-6-16(19(20)21)13(8-14)10-18-9-12-7-11-3-1-2-4-15(11)12/h1-6,8,12,18H,7,9-10H2. The van der Waals surface area contributed by atoms with Crippen LogP contribution in [0.25, 0.3) is 0 Å². The summed E-state index contributed by atoms with van der Waals surface area (Å²) in [7, 11) is 0. The van der Waals surface area contributed by atoms with Gasteiger partial charge in [-0.15, -0.1) is 0 Å². The Kier molecular flexibility index (Phi) is 3.90. The van der Waals surface area contributed by atoms with E-state index in [9.17, 15) is 10.1 Å². The highest BCUT2D eigenvalue weighted by Crippen LogP contribution is 2.34. The molecule has 2 aromatic rings. The van der Waals surface area contributed by atoms with Gasteiger partial charge in [0.05, 0.1) is 4.92 Å². The molecule has 1 N–H and O–H groups in total. The molecule has 4 nitrogen and oxygen atoms in total. The molecule has 1 aliphatic carbocycles. The van der Waals surface area contributed by atoms with Crippen molar-refractivity contribution in [2.24, 2.45) is 0 Å². The lowest BCUT2D eigenvalue weighted by Crippen LogP contribution is -2.28. The summed E-state index contributed by atoms with van der Waals surface area (Å²) in [5, 5.41) is 14.8. The Morgan fingerprint density at radius 3 is 2.86 bits per heavy atom. The minimum absolute atomic E-state index is 0.112. The Balaban J connectivity index is 1.62. The van der Waals surface area contributed by atoms with Crippen LogP contribution in [0.3, 0.4) is 0 Å². The summed E-state index contributed by atoms with van der Waals surface area (Å²) >= 11 is 5.92. The Hall–Kier alpha value is -1.91. The fourth-order valence-electron chi connectivity index (χ4n) is 2.80. The Morgan fingerprint density at radius 2 is 2.10 bits per heavy atom. The zero-order valence-corrected chi connectivity index (χ0v) is 12.1. The highest BCUT2D eigenvalue weighted by molar-refractivity contribution is 6.30. The second kappa shape index (κ2) is 5.84. The predicted molar refractivity (Wildman–Crippen MR) is 82.7 cm³/mol. The predicted octanol–water partition coefficient (Wildman–Crippen LogP) is 3.68. The fourth-order valence-corrected chi connectivity index (χ4v) is 2.99. The molecule has 108 valence electrons. The van der Waals surface area contributed by atoms with Crippen molar-refractivity contribution in [3.8, 4) is 0 Å². The SMILES string of the molecule is O=[N+]([O-])c1ccc(Cl)cc1CNCC1Cc2ccccc21. The number of fused-ring (bicyclic) bond motifs is 1. The van der Waals surface area contributed by atoms with Crippen LogP contribution >= 0.6 is 11.6 Å². The number of nitrogens with zero attached hydrogens (tertiary/aromatic N) is 1. The molecule has 5 heteroatoms. The molecule has 0 aromatic heterocycles. The highest BCUT2D eigenvalue weighted by Gasteiger charge is 2.25. The van der Waals surface area contributed by atoms with Gasteiger partial charge >= 0.3 is 0 Å². The summed E-state index contributed by atoms with van der Waals surface area (Å²) in [6, 6.07) is 13.1. The van der Waals surface area contributed by atoms with Gasteiger partial charge in [0.15, 0.2) is 0 Å². The van der Waals surface area contributed by atoms with E-state index in [1.54, 1.807) is 12.1 Å². The minimum atomic E-state index is -0.369. The molecule has 1 atom stereocenters. The first kappa shape index (κ1) is 14.0. The molecule has 1 aliphatic rings. The first-order chi connectivity index (χ1) is 10.1. The minimum Gasteiger partial charge on any atom is -0.312 e. The molecule has 0 saturated heterocycles. The Bertz CT molecular complexity index is 688. The number of rotatable bonds is 5. The Morgan fingerprint density at radius 1 is 1.29 bits per heavy atom. The number of halogens is 1. The molecule has 0 bridgehead atoms. The van der Waals surface area contributed by atoms with Crippen molar-refractivity contribution in [1.29, 1.82) is 0 Å². The number of benzene rings is 2. The average molecular weight is 303 g/mol. The summed E-state index contributed by atoms with van der Waals surface area (Å²) < 4.78 is 0. The van der Waals surface area contributed by atoms with Gasteiger partial charge in [-0.1, -0.05) is 35.9 Å². The monoisotopic (exact) mass is 302 g/mol. The number of nitro benzene ring substituents is 1. The smallest absolute Gasteiger partial charge is 0.273 e. The molecule has 0 aliphatic heterocycles. The van der Waals surface area contributed by atoms with Gasteiger partial charge in [-0.25, -0.2) is 0 Å². The van der Waals surface area contributed by atoms with Crippen molar-refractivity contribution in [2.45, 2.75) is 18.9 Å². The van der Waals surface area contributed by atoms with E-state index in [1.807, 2.05) is 6.07 Å². The van der Waals surface area contributed by atoms with Gasteiger partial charge in [0, 0.05) is 35.7 Å². The van der Waals surface area contributed by atoms with Crippen molar-refractivity contribution in [3.63, 3.8) is 0 Å². The molecular weight excluding hydrogens is 288 g/mol. The zero-order chi connectivity index (χ0) is 14.8. The topological polar surface area (TPSA) is 55.2 Å². The van der Waals surface area contributed by atoms with E-state index in [2.05, 4.69) is 23.5 Å². The third-order valence-corrected chi connectivity index (χ3v) is 4.14. The quantitative estimate of drug-likeness (QED) is 0.677. The van der Waals surface area contributed by atoms with E-state index in [-0.39, 0.29) is 10.6 Å². The molecule has 0 saturated carbocycles. The van der Waals surface area contributed by atoms with Crippen LogP contribution in [-0.2, 0) is 13.0 Å². The number of nitrogens with one attached hydrogen (secondary N) is 1. The maximum Gasteiger partial charge on any atom is 0.273 e. The molecule has 21 heavy (non-hydrogen) atoms. The van der Waals surface area contributed by atoms with Crippen molar-refractivity contribution >= 4 is 17.3 Å². The molecule has 2 aromatic carbocycles. The number of hydrogen-bond acceptors (Lipinski definition) is 3. The van der Waals surface area contributed by atoms with Gasteiger partial charge in [-0.2, -0.15) is 0 Å². The summed E-state index contributed by atoms with van der Waals surface area (Å²) in [5.74, 6) is 0.499. The van der Waals surface area contributed by atoms with Crippen molar-refractivity contribution in [2.75, 3.05) is 6.54 Å². The maximum absolute atomic E-state index is 11.0. The van der Waals surface area contributed by atoms with Crippen LogP contribution in [0.15, 0.2) is 42.5 Å². The lowest BCUT2D eigenvalue weighted by Gasteiger charge is -2.30.